The number of likely N-dealkylation sites (tertiary alicyclic amines) is 1. The van der Waals surface area contributed by atoms with E-state index in [1.54, 1.807) is 24.1 Å². The smallest absolute Gasteiger partial charge is 0.255 e. The first-order valence-corrected chi connectivity index (χ1v) is 7.79. The predicted octanol–water partition coefficient (Wildman–Crippen LogP) is 2.48. The zero-order valence-electron chi connectivity index (χ0n) is 11.2. The fourth-order valence-electron chi connectivity index (χ4n) is 2.45. The Balaban J connectivity index is 2.30. The fourth-order valence-corrected chi connectivity index (χ4v) is 3.07. The minimum Gasteiger partial charge on any atom is -0.357 e. The van der Waals surface area contributed by atoms with Gasteiger partial charge < -0.3 is 10.2 Å². The molecule has 1 unspecified atom stereocenters. The van der Waals surface area contributed by atoms with E-state index in [0.717, 1.165) is 22.2 Å². The maximum absolute atomic E-state index is 12.7. The Hall–Kier alpha value is -1.01. The van der Waals surface area contributed by atoms with E-state index in [1.165, 1.54) is 0 Å². The monoisotopic (exact) mass is 356 g/mol. The number of halogens is 1. The highest BCUT2D eigenvalue weighted by Gasteiger charge is 2.32. The summed E-state index contributed by atoms with van der Waals surface area (Å²) in [5, 5.41) is 2.64. The van der Waals surface area contributed by atoms with Crippen LogP contribution in [0.15, 0.2) is 27.6 Å². The number of carbonyl (C=O) groups excluding carboxylic acids is 2. The van der Waals surface area contributed by atoms with Gasteiger partial charge >= 0.3 is 0 Å². The zero-order valence-corrected chi connectivity index (χ0v) is 13.7. The van der Waals surface area contributed by atoms with Crippen molar-refractivity contribution in [3.8, 4) is 0 Å². The highest BCUT2D eigenvalue weighted by molar-refractivity contribution is 9.10. The molecule has 1 aliphatic rings. The van der Waals surface area contributed by atoms with Crippen LogP contribution in [0.25, 0.3) is 0 Å². The number of hydrogen-bond acceptors (Lipinski definition) is 3. The lowest BCUT2D eigenvalue weighted by molar-refractivity contribution is -0.126. The van der Waals surface area contributed by atoms with Gasteiger partial charge in [-0.3, -0.25) is 9.59 Å². The molecule has 108 valence electrons. The first kappa shape index (κ1) is 15.4. The van der Waals surface area contributed by atoms with Crippen LogP contribution in [0.1, 0.15) is 29.6 Å². The molecule has 1 heterocycles. The quantitative estimate of drug-likeness (QED) is 0.799. The standard InChI is InChI=1S/C14H17BrN2O2S/c1-16-13(18)12-4-2-3-7-17(12)14(19)10-8-9(20)5-6-11(10)15/h5-6,8,12,20H,2-4,7H2,1H3,(H,16,18). The molecular weight excluding hydrogens is 340 g/mol. The molecule has 1 fully saturated rings. The molecule has 0 aromatic heterocycles. The highest BCUT2D eigenvalue weighted by atomic mass is 79.9. The van der Waals surface area contributed by atoms with E-state index in [2.05, 4.69) is 33.9 Å². The van der Waals surface area contributed by atoms with Crippen LogP contribution in [0.5, 0.6) is 0 Å². The highest BCUT2D eigenvalue weighted by Crippen LogP contribution is 2.25. The van der Waals surface area contributed by atoms with Gasteiger partial charge in [0.2, 0.25) is 5.91 Å². The third kappa shape index (κ3) is 3.17. The second kappa shape index (κ2) is 6.63. The molecule has 1 aromatic carbocycles. The van der Waals surface area contributed by atoms with Gasteiger partial charge in [-0.05, 0) is 53.4 Å². The predicted molar refractivity (Wildman–Crippen MR) is 84.1 cm³/mol. The van der Waals surface area contributed by atoms with Gasteiger partial charge in [-0.25, -0.2) is 0 Å². The van der Waals surface area contributed by atoms with Gasteiger partial charge in [-0.2, -0.15) is 0 Å². The summed E-state index contributed by atoms with van der Waals surface area (Å²) in [6.45, 7) is 0.611. The molecule has 1 aromatic rings. The number of benzene rings is 1. The Morgan fingerprint density at radius 3 is 2.85 bits per heavy atom. The first-order valence-electron chi connectivity index (χ1n) is 6.55. The molecule has 2 amide bonds. The molecule has 0 aliphatic carbocycles. The second-order valence-electron chi connectivity index (χ2n) is 4.79. The van der Waals surface area contributed by atoms with Crippen molar-refractivity contribution < 1.29 is 9.59 Å². The first-order chi connectivity index (χ1) is 9.54. The van der Waals surface area contributed by atoms with E-state index >= 15 is 0 Å². The molecule has 0 saturated carbocycles. The van der Waals surface area contributed by atoms with Crippen LogP contribution >= 0.6 is 28.6 Å². The number of piperidine rings is 1. The summed E-state index contributed by atoms with van der Waals surface area (Å²) in [4.78, 5) is 27.0. The number of hydrogen-bond donors (Lipinski definition) is 2. The van der Waals surface area contributed by atoms with Crippen LogP contribution < -0.4 is 5.32 Å². The van der Waals surface area contributed by atoms with E-state index < -0.39 is 0 Å². The van der Waals surface area contributed by atoms with Crippen molar-refractivity contribution in [2.75, 3.05) is 13.6 Å². The van der Waals surface area contributed by atoms with Crippen LogP contribution in [0.4, 0.5) is 0 Å². The summed E-state index contributed by atoms with van der Waals surface area (Å²) >= 11 is 7.66. The van der Waals surface area contributed by atoms with Crippen molar-refractivity contribution in [2.24, 2.45) is 0 Å². The summed E-state index contributed by atoms with van der Waals surface area (Å²) in [7, 11) is 1.60. The average Bonchev–Trinajstić information content (AvgIpc) is 2.48. The summed E-state index contributed by atoms with van der Waals surface area (Å²) in [5.74, 6) is -0.225. The molecular formula is C14H17BrN2O2S. The Bertz CT molecular complexity index is 536. The number of likely N-dealkylation sites (N-methyl/N-ethyl adjacent to an activating group) is 1. The Kier molecular flexibility index (Phi) is 5.10. The molecule has 4 nitrogen and oxygen atoms in total. The average molecular weight is 357 g/mol. The van der Waals surface area contributed by atoms with Crippen molar-refractivity contribution in [1.29, 1.82) is 0 Å². The van der Waals surface area contributed by atoms with E-state index in [9.17, 15) is 9.59 Å². The molecule has 2 rings (SSSR count). The molecule has 6 heteroatoms. The van der Waals surface area contributed by atoms with Crippen molar-refractivity contribution >= 4 is 40.4 Å². The number of carbonyl (C=O) groups is 2. The Labute approximate surface area is 132 Å². The third-order valence-corrected chi connectivity index (χ3v) is 4.46. The Morgan fingerprint density at radius 1 is 1.40 bits per heavy atom. The van der Waals surface area contributed by atoms with Crippen molar-refractivity contribution in [3.63, 3.8) is 0 Å². The number of nitrogens with one attached hydrogen (secondary N) is 1. The summed E-state index contributed by atoms with van der Waals surface area (Å²) in [6.07, 6.45) is 2.61. The lowest BCUT2D eigenvalue weighted by atomic mass is 10.00. The van der Waals surface area contributed by atoms with E-state index in [-0.39, 0.29) is 17.9 Å². The zero-order chi connectivity index (χ0) is 14.7. The molecule has 1 aliphatic heterocycles. The van der Waals surface area contributed by atoms with Gasteiger partial charge in [-0.15, -0.1) is 12.6 Å². The molecule has 0 spiro atoms. The topological polar surface area (TPSA) is 49.4 Å². The minimum atomic E-state index is -0.378. The summed E-state index contributed by atoms with van der Waals surface area (Å²) in [5.41, 5.74) is 0.549. The van der Waals surface area contributed by atoms with Crippen molar-refractivity contribution in [2.45, 2.75) is 30.2 Å². The van der Waals surface area contributed by atoms with Crippen LogP contribution in [-0.2, 0) is 4.79 Å². The lowest BCUT2D eigenvalue weighted by Crippen LogP contribution is -2.51. The van der Waals surface area contributed by atoms with Crippen LogP contribution in [-0.4, -0.2) is 36.3 Å². The van der Waals surface area contributed by atoms with Crippen molar-refractivity contribution in [1.82, 2.24) is 10.2 Å². The van der Waals surface area contributed by atoms with Crippen LogP contribution in [0.3, 0.4) is 0 Å². The number of rotatable bonds is 2. The SMILES string of the molecule is CNC(=O)C1CCCCN1C(=O)c1cc(S)ccc1Br. The third-order valence-electron chi connectivity index (χ3n) is 3.49. The van der Waals surface area contributed by atoms with Gasteiger partial charge in [0.25, 0.3) is 5.91 Å². The van der Waals surface area contributed by atoms with E-state index in [4.69, 9.17) is 0 Å². The van der Waals surface area contributed by atoms with Crippen LogP contribution in [0.2, 0.25) is 0 Å². The normalized spacial score (nSPS) is 18.8. The molecule has 1 N–H and O–H groups in total. The number of amides is 2. The fraction of sp³-hybridized carbons (Fsp3) is 0.429. The summed E-state index contributed by atoms with van der Waals surface area (Å²) in [6, 6.07) is 4.97. The lowest BCUT2D eigenvalue weighted by Gasteiger charge is -2.34. The van der Waals surface area contributed by atoms with Crippen molar-refractivity contribution in [3.05, 3.63) is 28.2 Å². The van der Waals surface area contributed by atoms with Gasteiger partial charge in [0.15, 0.2) is 0 Å². The minimum absolute atomic E-state index is 0.101. The maximum atomic E-state index is 12.7. The van der Waals surface area contributed by atoms with E-state index in [0.29, 0.717) is 18.5 Å². The molecule has 20 heavy (non-hydrogen) atoms. The largest absolute Gasteiger partial charge is 0.357 e. The van der Waals surface area contributed by atoms with E-state index in [1.807, 2.05) is 6.07 Å². The van der Waals surface area contributed by atoms with Gasteiger partial charge in [-0.1, -0.05) is 0 Å². The molecule has 0 bridgehead atoms. The molecule has 1 atom stereocenters. The van der Waals surface area contributed by atoms with Gasteiger partial charge in [0.1, 0.15) is 6.04 Å². The van der Waals surface area contributed by atoms with Gasteiger partial charge in [0.05, 0.1) is 5.56 Å². The maximum Gasteiger partial charge on any atom is 0.255 e. The second-order valence-corrected chi connectivity index (χ2v) is 6.16. The van der Waals surface area contributed by atoms with Crippen LogP contribution in [0, 0.1) is 0 Å². The molecule has 0 radical (unpaired) electrons. The van der Waals surface area contributed by atoms with Gasteiger partial charge in [0, 0.05) is 23.0 Å². The number of nitrogens with zero attached hydrogens (tertiary/aromatic N) is 1. The molecule has 1 saturated heterocycles. The summed E-state index contributed by atoms with van der Waals surface area (Å²) < 4.78 is 0.724. The number of thiol groups is 1. The Morgan fingerprint density at radius 2 is 2.15 bits per heavy atom.